The first kappa shape index (κ1) is 23.8. The highest BCUT2D eigenvalue weighted by Crippen LogP contribution is 2.53. The van der Waals surface area contributed by atoms with Gasteiger partial charge < -0.3 is 5.11 Å². The van der Waals surface area contributed by atoms with Gasteiger partial charge in [-0.15, -0.1) is 0 Å². The summed E-state index contributed by atoms with van der Waals surface area (Å²) in [4.78, 5) is 11.5. The Bertz CT molecular complexity index is 1060. The van der Waals surface area contributed by atoms with Crippen LogP contribution in [0, 0.1) is 11.8 Å². The van der Waals surface area contributed by atoms with Crippen molar-refractivity contribution in [2.75, 3.05) is 19.6 Å². The third-order valence-electron chi connectivity index (χ3n) is 5.74. The molecule has 2 fully saturated rings. The number of carboxylic acid groups (broad SMARTS) is 1. The Balaban J connectivity index is 1.67. The second-order valence-corrected chi connectivity index (χ2v) is 11.6. The Morgan fingerprint density at radius 1 is 1.29 bits per heavy atom. The lowest BCUT2D eigenvalue weighted by Crippen LogP contribution is -2.32. The lowest BCUT2D eigenvalue weighted by Gasteiger charge is -2.18. The molecule has 3 unspecified atom stereocenters. The van der Waals surface area contributed by atoms with Crippen LogP contribution in [-0.2, 0) is 24.8 Å². The maximum Gasteiger partial charge on any atom is 0.310 e. The highest BCUT2D eigenvalue weighted by atomic mass is 32.2. The van der Waals surface area contributed by atoms with Gasteiger partial charge in [0.05, 0.1) is 10.8 Å². The minimum absolute atomic E-state index is 0.0375. The van der Waals surface area contributed by atoms with E-state index in [-0.39, 0.29) is 48.9 Å². The molecule has 2 N–H and O–H groups in total. The molecule has 2 aliphatic rings. The molecule has 3 rings (SSSR count). The van der Waals surface area contributed by atoms with Gasteiger partial charge in [-0.1, -0.05) is 18.7 Å². The van der Waals surface area contributed by atoms with Crippen molar-refractivity contribution in [3.8, 4) is 0 Å². The van der Waals surface area contributed by atoms with E-state index in [0.29, 0.717) is 6.42 Å². The SMILES string of the molecule is C=CS(=O)(=O)NCC1CCN(S(=O)(=O)c2ccc(C(CC3CC3(F)F)C(=O)O)cc2)C1. The molecule has 172 valence electrons. The van der Waals surface area contributed by atoms with Crippen molar-refractivity contribution in [3.63, 3.8) is 0 Å². The summed E-state index contributed by atoms with van der Waals surface area (Å²) in [7, 11) is -7.45. The number of sulfonamides is 2. The van der Waals surface area contributed by atoms with Crippen molar-refractivity contribution in [3.05, 3.63) is 41.8 Å². The van der Waals surface area contributed by atoms with Crippen molar-refractivity contribution in [1.29, 1.82) is 0 Å². The average Bonchev–Trinajstić information content (AvgIpc) is 3.08. The van der Waals surface area contributed by atoms with Crippen LogP contribution in [0.1, 0.15) is 30.7 Å². The number of carbonyl (C=O) groups is 1. The summed E-state index contributed by atoms with van der Waals surface area (Å²) in [6, 6.07) is 5.24. The second kappa shape index (κ2) is 8.57. The fourth-order valence-corrected chi connectivity index (χ4v) is 5.80. The van der Waals surface area contributed by atoms with E-state index in [1.165, 1.54) is 28.6 Å². The summed E-state index contributed by atoms with van der Waals surface area (Å²) in [5.74, 6) is -6.37. The van der Waals surface area contributed by atoms with Gasteiger partial charge in [-0.2, -0.15) is 4.31 Å². The van der Waals surface area contributed by atoms with E-state index in [0.717, 1.165) is 5.41 Å². The molecule has 1 aromatic rings. The summed E-state index contributed by atoms with van der Waals surface area (Å²) in [5, 5.41) is 10.2. The Morgan fingerprint density at radius 3 is 2.42 bits per heavy atom. The minimum Gasteiger partial charge on any atom is -0.481 e. The fourth-order valence-electron chi connectivity index (χ4n) is 3.69. The van der Waals surface area contributed by atoms with E-state index < -0.39 is 43.8 Å². The number of aliphatic carboxylic acids is 1. The van der Waals surface area contributed by atoms with Gasteiger partial charge in [0, 0.05) is 37.4 Å². The highest BCUT2D eigenvalue weighted by molar-refractivity contribution is 7.92. The molecular weight excluding hydrogens is 454 g/mol. The van der Waals surface area contributed by atoms with Crippen molar-refractivity contribution in [2.24, 2.45) is 11.8 Å². The highest BCUT2D eigenvalue weighted by Gasteiger charge is 2.57. The first-order valence-electron chi connectivity index (χ1n) is 9.68. The summed E-state index contributed by atoms with van der Waals surface area (Å²) >= 11 is 0. The molecule has 0 bridgehead atoms. The van der Waals surface area contributed by atoms with Gasteiger partial charge in [0.2, 0.25) is 20.0 Å². The van der Waals surface area contributed by atoms with Crippen LogP contribution < -0.4 is 4.72 Å². The number of nitrogens with zero attached hydrogens (tertiary/aromatic N) is 1. The van der Waals surface area contributed by atoms with Crippen molar-refractivity contribution >= 4 is 26.0 Å². The van der Waals surface area contributed by atoms with Crippen LogP contribution in [0.2, 0.25) is 0 Å². The van der Waals surface area contributed by atoms with Crippen LogP contribution in [0.25, 0.3) is 0 Å². The number of rotatable bonds is 10. The van der Waals surface area contributed by atoms with E-state index in [4.69, 9.17) is 0 Å². The first-order valence-corrected chi connectivity index (χ1v) is 12.7. The maximum atomic E-state index is 13.2. The van der Waals surface area contributed by atoms with E-state index in [1.54, 1.807) is 0 Å². The standard InChI is InChI=1S/C19H24F2N2O6S2/c1-2-30(26,27)22-11-13-7-8-23(12-13)31(28,29)16-5-3-14(4-6-16)17(18(24)25)9-15-10-19(15,20)21/h2-6,13,15,17,22H,1,7-12H2,(H,24,25). The van der Waals surface area contributed by atoms with Gasteiger partial charge in [0.1, 0.15) is 0 Å². The molecule has 0 amide bonds. The Hall–Kier alpha value is -1.89. The molecule has 12 heteroatoms. The molecule has 31 heavy (non-hydrogen) atoms. The topological polar surface area (TPSA) is 121 Å². The third-order valence-corrected chi connectivity index (χ3v) is 8.62. The molecule has 1 heterocycles. The molecule has 8 nitrogen and oxygen atoms in total. The number of carboxylic acids is 1. The van der Waals surface area contributed by atoms with E-state index >= 15 is 0 Å². The normalized spacial score (nSPS) is 24.6. The number of nitrogens with one attached hydrogen (secondary N) is 1. The van der Waals surface area contributed by atoms with Crippen LogP contribution in [0.3, 0.4) is 0 Å². The zero-order chi connectivity index (χ0) is 23.0. The zero-order valence-electron chi connectivity index (χ0n) is 16.6. The number of halogens is 2. The van der Waals surface area contributed by atoms with Crippen LogP contribution in [0.15, 0.2) is 41.1 Å². The molecule has 0 radical (unpaired) electrons. The van der Waals surface area contributed by atoms with Gasteiger partial charge in [-0.3, -0.25) is 4.79 Å². The molecule has 1 aliphatic carbocycles. The Morgan fingerprint density at radius 2 is 1.90 bits per heavy atom. The molecule has 1 aliphatic heterocycles. The summed E-state index contributed by atoms with van der Waals surface area (Å²) < 4.78 is 78.6. The first-order chi connectivity index (χ1) is 14.4. The monoisotopic (exact) mass is 478 g/mol. The van der Waals surface area contributed by atoms with Crippen molar-refractivity contribution < 1.29 is 35.5 Å². The number of benzene rings is 1. The van der Waals surface area contributed by atoms with Crippen LogP contribution in [0.4, 0.5) is 8.78 Å². The number of alkyl halides is 2. The molecular formula is C19H24F2N2O6S2. The average molecular weight is 479 g/mol. The van der Waals surface area contributed by atoms with E-state index in [2.05, 4.69) is 11.3 Å². The Kier molecular flexibility index (Phi) is 6.57. The number of hydrogen-bond donors (Lipinski definition) is 2. The minimum atomic E-state index is -3.85. The molecule has 1 saturated carbocycles. The summed E-state index contributed by atoms with van der Waals surface area (Å²) in [6.45, 7) is 3.64. The number of hydrogen-bond acceptors (Lipinski definition) is 5. The quantitative estimate of drug-likeness (QED) is 0.531. The molecule has 0 aromatic heterocycles. The van der Waals surface area contributed by atoms with Gasteiger partial charge in [0.25, 0.3) is 5.92 Å². The maximum absolute atomic E-state index is 13.2. The van der Waals surface area contributed by atoms with E-state index in [1.807, 2.05) is 0 Å². The van der Waals surface area contributed by atoms with Gasteiger partial charge in [0.15, 0.2) is 0 Å². The van der Waals surface area contributed by atoms with Crippen molar-refractivity contribution in [1.82, 2.24) is 9.03 Å². The van der Waals surface area contributed by atoms with Crippen LogP contribution in [0.5, 0.6) is 0 Å². The van der Waals surface area contributed by atoms with Gasteiger partial charge in [-0.25, -0.2) is 30.3 Å². The lowest BCUT2D eigenvalue weighted by atomic mass is 9.93. The molecule has 3 atom stereocenters. The molecule has 0 spiro atoms. The van der Waals surface area contributed by atoms with Crippen LogP contribution in [-0.4, -0.2) is 57.8 Å². The predicted molar refractivity (Wildman–Crippen MR) is 108 cm³/mol. The van der Waals surface area contributed by atoms with E-state index in [9.17, 15) is 35.5 Å². The van der Waals surface area contributed by atoms with Gasteiger partial charge >= 0.3 is 5.97 Å². The summed E-state index contributed by atoms with van der Waals surface area (Å²) in [6.07, 6.45) is -0.0567. The largest absolute Gasteiger partial charge is 0.481 e. The third kappa shape index (κ3) is 5.48. The summed E-state index contributed by atoms with van der Waals surface area (Å²) in [5.41, 5.74) is 0.271. The lowest BCUT2D eigenvalue weighted by molar-refractivity contribution is -0.139. The fraction of sp³-hybridized carbons (Fsp3) is 0.526. The predicted octanol–water partition coefficient (Wildman–Crippen LogP) is 1.97. The zero-order valence-corrected chi connectivity index (χ0v) is 18.2. The van der Waals surface area contributed by atoms with Crippen LogP contribution >= 0.6 is 0 Å². The second-order valence-electron chi connectivity index (χ2n) is 7.94. The van der Waals surface area contributed by atoms with Crippen molar-refractivity contribution in [2.45, 2.75) is 36.0 Å². The smallest absolute Gasteiger partial charge is 0.310 e. The Labute approximate surface area is 180 Å². The molecule has 1 aromatic carbocycles. The van der Waals surface area contributed by atoms with Gasteiger partial charge in [-0.05, 0) is 36.5 Å². The molecule has 1 saturated heterocycles.